The number of amides is 2. The summed E-state index contributed by atoms with van der Waals surface area (Å²) >= 11 is 1.85. The van der Waals surface area contributed by atoms with Crippen LogP contribution in [0.15, 0.2) is 36.4 Å². The molecule has 3 rings (SSSR count). The second kappa shape index (κ2) is 7.53. The third-order valence-electron chi connectivity index (χ3n) is 3.87. The molecule has 1 aliphatic rings. The van der Waals surface area contributed by atoms with Gasteiger partial charge in [-0.2, -0.15) is 16.9 Å². The lowest BCUT2D eigenvalue weighted by Gasteiger charge is -2.25. The normalized spacial score (nSPS) is 14.5. The summed E-state index contributed by atoms with van der Waals surface area (Å²) < 4.78 is 1.54. The summed E-state index contributed by atoms with van der Waals surface area (Å²) in [5.74, 6) is 2.25. The molecule has 1 aromatic carbocycles. The maximum Gasteiger partial charge on any atom is 0.274 e. The molecule has 0 spiro atoms. The zero-order valence-corrected chi connectivity index (χ0v) is 14.4. The van der Waals surface area contributed by atoms with E-state index in [9.17, 15) is 9.59 Å². The molecule has 1 aromatic heterocycles. The average molecular weight is 344 g/mol. The maximum absolute atomic E-state index is 12.5. The quantitative estimate of drug-likeness (QED) is 0.918. The molecule has 24 heavy (non-hydrogen) atoms. The number of benzene rings is 1. The molecule has 0 unspecified atom stereocenters. The Kier molecular flexibility index (Phi) is 5.20. The fourth-order valence-corrected chi connectivity index (χ4v) is 3.49. The van der Waals surface area contributed by atoms with Crippen LogP contribution in [-0.4, -0.2) is 51.1 Å². The molecule has 2 aromatic rings. The van der Waals surface area contributed by atoms with Gasteiger partial charge in [0.25, 0.3) is 5.91 Å². The highest BCUT2D eigenvalue weighted by molar-refractivity contribution is 7.99. The molecule has 0 aliphatic carbocycles. The second-order valence-electron chi connectivity index (χ2n) is 5.65. The number of hydrogen-bond donors (Lipinski definition) is 1. The van der Waals surface area contributed by atoms with Crippen LogP contribution in [0.3, 0.4) is 0 Å². The van der Waals surface area contributed by atoms with Gasteiger partial charge in [0.05, 0.1) is 6.42 Å². The zero-order valence-electron chi connectivity index (χ0n) is 13.6. The van der Waals surface area contributed by atoms with Gasteiger partial charge in [0.15, 0.2) is 5.69 Å². The number of nitrogens with zero attached hydrogens (tertiary/aromatic N) is 3. The number of thioether (sulfide) groups is 1. The van der Waals surface area contributed by atoms with Gasteiger partial charge < -0.3 is 10.2 Å². The van der Waals surface area contributed by atoms with Gasteiger partial charge in [-0.1, -0.05) is 30.3 Å². The molecule has 0 saturated carbocycles. The predicted molar refractivity (Wildman–Crippen MR) is 95.2 cm³/mol. The number of carbonyl (C=O) groups excluding carboxylic acids is 2. The first-order chi connectivity index (χ1) is 11.6. The summed E-state index contributed by atoms with van der Waals surface area (Å²) in [7, 11) is 1.72. The van der Waals surface area contributed by atoms with Crippen LogP contribution >= 0.6 is 11.8 Å². The molecule has 1 fully saturated rings. The van der Waals surface area contributed by atoms with E-state index in [2.05, 4.69) is 10.4 Å². The molecule has 1 saturated heterocycles. The average Bonchev–Trinajstić information content (AvgIpc) is 2.96. The zero-order chi connectivity index (χ0) is 16.9. The van der Waals surface area contributed by atoms with Crippen LogP contribution in [0.2, 0.25) is 0 Å². The Morgan fingerprint density at radius 3 is 2.62 bits per heavy atom. The Balaban J connectivity index is 1.65. The number of anilines is 1. The van der Waals surface area contributed by atoms with Gasteiger partial charge in [-0.15, -0.1) is 0 Å². The lowest BCUT2D eigenvalue weighted by molar-refractivity contribution is -0.115. The molecular weight excluding hydrogens is 324 g/mol. The molecular formula is C17H20N4O2S. The van der Waals surface area contributed by atoms with E-state index >= 15 is 0 Å². The molecule has 7 heteroatoms. The smallest absolute Gasteiger partial charge is 0.274 e. The molecule has 0 bridgehead atoms. The SMILES string of the molecule is Cn1nc(C(=O)N2CCSCC2)cc1NC(=O)Cc1ccccc1. The number of rotatable bonds is 4. The van der Waals surface area contributed by atoms with Crippen molar-refractivity contribution in [1.82, 2.24) is 14.7 Å². The van der Waals surface area contributed by atoms with Gasteiger partial charge in [-0.05, 0) is 5.56 Å². The summed E-state index contributed by atoms with van der Waals surface area (Å²) in [6.07, 6.45) is 0.290. The maximum atomic E-state index is 12.5. The Labute approximate surface area is 145 Å². The fourth-order valence-electron chi connectivity index (χ4n) is 2.59. The lowest BCUT2D eigenvalue weighted by atomic mass is 10.1. The molecule has 6 nitrogen and oxygen atoms in total. The highest BCUT2D eigenvalue weighted by Gasteiger charge is 2.22. The van der Waals surface area contributed by atoms with Gasteiger partial charge in [-0.3, -0.25) is 14.3 Å². The first-order valence-corrected chi connectivity index (χ1v) is 9.04. The molecule has 2 heterocycles. The van der Waals surface area contributed by atoms with Crippen molar-refractivity contribution >= 4 is 29.4 Å². The van der Waals surface area contributed by atoms with Gasteiger partial charge >= 0.3 is 0 Å². The fraction of sp³-hybridized carbons (Fsp3) is 0.353. The van der Waals surface area contributed by atoms with Gasteiger partial charge in [0, 0.05) is 37.7 Å². The van der Waals surface area contributed by atoms with Crippen molar-refractivity contribution in [3.63, 3.8) is 0 Å². The Morgan fingerprint density at radius 1 is 1.21 bits per heavy atom. The summed E-state index contributed by atoms with van der Waals surface area (Å²) in [5.41, 5.74) is 1.32. The van der Waals surface area contributed by atoms with Crippen LogP contribution in [0.1, 0.15) is 16.1 Å². The first kappa shape index (κ1) is 16.6. The van der Waals surface area contributed by atoms with Crippen LogP contribution in [0, 0.1) is 0 Å². The standard InChI is InChI=1S/C17H20N4O2S/c1-20-15(18-16(22)11-13-5-3-2-4-6-13)12-14(19-20)17(23)21-7-9-24-10-8-21/h2-6,12H,7-11H2,1H3,(H,18,22). The number of carbonyl (C=O) groups is 2. The highest BCUT2D eigenvalue weighted by Crippen LogP contribution is 2.15. The van der Waals surface area contributed by atoms with E-state index in [0.29, 0.717) is 17.9 Å². The second-order valence-corrected chi connectivity index (χ2v) is 6.88. The van der Waals surface area contributed by atoms with Crippen molar-refractivity contribution in [3.05, 3.63) is 47.7 Å². The van der Waals surface area contributed by atoms with Crippen molar-refractivity contribution in [3.8, 4) is 0 Å². The minimum atomic E-state index is -0.127. The van der Waals surface area contributed by atoms with Crippen molar-refractivity contribution in [2.24, 2.45) is 7.05 Å². The van der Waals surface area contributed by atoms with E-state index < -0.39 is 0 Å². The van der Waals surface area contributed by atoms with E-state index in [1.165, 1.54) is 4.68 Å². The summed E-state index contributed by atoms with van der Waals surface area (Å²) in [6.45, 7) is 1.49. The molecule has 0 atom stereocenters. The summed E-state index contributed by atoms with van der Waals surface area (Å²) in [6, 6.07) is 11.2. The van der Waals surface area contributed by atoms with Crippen LogP contribution < -0.4 is 5.32 Å². The van der Waals surface area contributed by atoms with E-state index in [-0.39, 0.29) is 11.8 Å². The minimum absolute atomic E-state index is 0.0746. The monoisotopic (exact) mass is 344 g/mol. The minimum Gasteiger partial charge on any atom is -0.336 e. The third kappa shape index (κ3) is 3.97. The topological polar surface area (TPSA) is 67.2 Å². The van der Waals surface area contributed by atoms with Crippen LogP contribution in [-0.2, 0) is 18.3 Å². The summed E-state index contributed by atoms with van der Waals surface area (Å²) in [4.78, 5) is 26.4. The number of aromatic nitrogens is 2. The van der Waals surface area contributed by atoms with E-state index in [4.69, 9.17) is 0 Å². The van der Waals surface area contributed by atoms with Gasteiger partial charge in [0.2, 0.25) is 5.91 Å². The van der Waals surface area contributed by atoms with Crippen molar-refractivity contribution in [2.45, 2.75) is 6.42 Å². The molecule has 0 radical (unpaired) electrons. The van der Waals surface area contributed by atoms with Crippen LogP contribution in [0.5, 0.6) is 0 Å². The number of hydrogen-bond acceptors (Lipinski definition) is 4. The largest absolute Gasteiger partial charge is 0.336 e. The van der Waals surface area contributed by atoms with Crippen LogP contribution in [0.4, 0.5) is 5.82 Å². The molecule has 1 N–H and O–H groups in total. The number of nitrogens with one attached hydrogen (secondary N) is 1. The first-order valence-electron chi connectivity index (χ1n) is 7.88. The Hall–Kier alpha value is -2.28. The van der Waals surface area contributed by atoms with Crippen LogP contribution in [0.25, 0.3) is 0 Å². The van der Waals surface area contributed by atoms with Crippen molar-refractivity contribution < 1.29 is 9.59 Å². The highest BCUT2D eigenvalue weighted by atomic mass is 32.2. The third-order valence-corrected chi connectivity index (χ3v) is 4.81. The molecule has 126 valence electrons. The lowest BCUT2D eigenvalue weighted by Crippen LogP contribution is -2.38. The predicted octanol–water partition coefficient (Wildman–Crippen LogP) is 1.79. The van der Waals surface area contributed by atoms with E-state index in [1.807, 2.05) is 47.0 Å². The summed E-state index contributed by atoms with van der Waals surface area (Å²) in [5, 5.41) is 7.07. The number of aryl methyl sites for hydroxylation is 1. The molecule has 1 aliphatic heterocycles. The Morgan fingerprint density at radius 2 is 1.92 bits per heavy atom. The Bertz CT molecular complexity index is 723. The van der Waals surface area contributed by atoms with E-state index in [1.54, 1.807) is 13.1 Å². The van der Waals surface area contributed by atoms with Gasteiger partial charge in [-0.25, -0.2) is 0 Å². The van der Waals surface area contributed by atoms with Gasteiger partial charge in [0.1, 0.15) is 5.82 Å². The molecule has 2 amide bonds. The van der Waals surface area contributed by atoms with Crippen molar-refractivity contribution in [2.75, 3.05) is 29.9 Å². The van der Waals surface area contributed by atoms with Crippen molar-refractivity contribution in [1.29, 1.82) is 0 Å². The van der Waals surface area contributed by atoms with E-state index in [0.717, 1.165) is 30.2 Å².